The van der Waals surface area contributed by atoms with Gasteiger partial charge in [-0.3, -0.25) is 0 Å². The zero-order chi connectivity index (χ0) is 18.6. The smallest absolute Gasteiger partial charge is 0.166 e. The Morgan fingerprint density at radius 1 is 1.04 bits per heavy atom. The molecule has 0 amide bonds. The van der Waals surface area contributed by atoms with E-state index in [9.17, 15) is 5.11 Å². The van der Waals surface area contributed by atoms with E-state index < -0.39 is 0 Å². The van der Waals surface area contributed by atoms with Crippen LogP contribution in [0.4, 0.5) is 5.82 Å². The fourth-order valence-electron chi connectivity index (χ4n) is 3.67. The Kier molecular flexibility index (Phi) is 5.31. The summed E-state index contributed by atoms with van der Waals surface area (Å²) in [6, 6.07) is 10.2. The Labute approximate surface area is 159 Å². The maximum atomic E-state index is 9.18. The van der Waals surface area contributed by atoms with E-state index in [4.69, 9.17) is 9.97 Å². The van der Waals surface area contributed by atoms with Gasteiger partial charge in [0.1, 0.15) is 11.6 Å². The van der Waals surface area contributed by atoms with Gasteiger partial charge in [-0.15, -0.1) is 0 Å². The van der Waals surface area contributed by atoms with Crippen LogP contribution in [0.1, 0.15) is 18.7 Å². The number of imidazole rings is 1. The van der Waals surface area contributed by atoms with Crippen LogP contribution >= 0.6 is 0 Å². The topological polar surface area (TPSA) is 79.1 Å². The highest BCUT2D eigenvalue weighted by Crippen LogP contribution is 2.27. The van der Waals surface area contributed by atoms with Crippen LogP contribution < -0.4 is 5.32 Å². The van der Waals surface area contributed by atoms with E-state index in [1.165, 1.54) is 25.9 Å². The van der Waals surface area contributed by atoms with Crippen LogP contribution in [0.3, 0.4) is 0 Å². The van der Waals surface area contributed by atoms with Gasteiger partial charge in [-0.25, -0.2) is 15.0 Å². The molecule has 1 saturated heterocycles. The predicted molar refractivity (Wildman–Crippen MR) is 107 cm³/mol. The average molecular weight is 366 g/mol. The van der Waals surface area contributed by atoms with E-state index in [1.54, 1.807) is 0 Å². The molecule has 142 valence electrons. The van der Waals surface area contributed by atoms with Crippen molar-refractivity contribution < 1.29 is 5.11 Å². The number of aliphatic hydroxyl groups excluding tert-OH is 1. The molecule has 7 nitrogen and oxygen atoms in total. The summed E-state index contributed by atoms with van der Waals surface area (Å²) in [7, 11) is 0. The first-order chi connectivity index (χ1) is 13.3. The molecule has 0 saturated carbocycles. The maximum Gasteiger partial charge on any atom is 0.166 e. The van der Waals surface area contributed by atoms with Crippen molar-refractivity contribution in [3.05, 3.63) is 36.2 Å². The van der Waals surface area contributed by atoms with Crippen LogP contribution in [0.25, 0.3) is 22.6 Å². The standard InChI is InChI=1S/C20H26N6O/c1-15-22-18(21-9-14-27)17-20(23-15)26(13-12-25-10-5-6-11-25)19(24-17)16-7-3-2-4-8-16/h2-4,7-8,27H,5-6,9-14H2,1H3,(H,21,22,23). The lowest BCUT2D eigenvalue weighted by Crippen LogP contribution is -2.24. The number of benzene rings is 1. The average Bonchev–Trinajstić information content (AvgIpc) is 3.33. The van der Waals surface area contributed by atoms with Crippen molar-refractivity contribution in [3.63, 3.8) is 0 Å². The fourth-order valence-corrected chi connectivity index (χ4v) is 3.67. The van der Waals surface area contributed by atoms with E-state index in [0.29, 0.717) is 18.2 Å². The molecule has 0 bridgehead atoms. The van der Waals surface area contributed by atoms with Gasteiger partial charge in [-0.1, -0.05) is 30.3 Å². The molecule has 1 aliphatic rings. The van der Waals surface area contributed by atoms with E-state index >= 15 is 0 Å². The highest BCUT2D eigenvalue weighted by atomic mass is 16.3. The number of aliphatic hydroxyl groups is 1. The minimum absolute atomic E-state index is 0.0474. The molecule has 0 aliphatic carbocycles. The summed E-state index contributed by atoms with van der Waals surface area (Å²) in [5.41, 5.74) is 2.68. The number of hydrogen-bond donors (Lipinski definition) is 2. The molecule has 1 fully saturated rings. The molecule has 7 heteroatoms. The number of hydrogen-bond acceptors (Lipinski definition) is 6. The quantitative estimate of drug-likeness (QED) is 0.668. The highest BCUT2D eigenvalue weighted by molar-refractivity contribution is 5.86. The number of nitrogens with zero attached hydrogens (tertiary/aromatic N) is 5. The third-order valence-corrected chi connectivity index (χ3v) is 4.98. The van der Waals surface area contributed by atoms with E-state index in [2.05, 4.69) is 31.9 Å². The first kappa shape index (κ1) is 17.9. The van der Waals surface area contributed by atoms with Crippen molar-refractivity contribution in [2.75, 3.05) is 38.1 Å². The summed E-state index contributed by atoms with van der Waals surface area (Å²) in [5.74, 6) is 2.30. The number of aryl methyl sites for hydroxylation is 1. The van der Waals surface area contributed by atoms with E-state index in [0.717, 1.165) is 35.6 Å². The van der Waals surface area contributed by atoms with Crippen molar-refractivity contribution in [2.24, 2.45) is 0 Å². The monoisotopic (exact) mass is 366 g/mol. The first-order valence-electron chi connectivity index (χ1n) is 9.63. The van der Waals surface area contributed by atoms with Gasteiger partial charge < -0.3 is 19.9 Å². The summed E-state index contributed by atoms with van der Waals surface area (Å²) in [5, 5.41) is 12.4. The molecule has 0 radical (unpaired) electrons. The van der Waals surface area contributed by atoms with E-state index in [-0.39, 0.29) is 6.61 Å². The van der Waals surface area contributed by atoms with Crippen LogP contribution in [0.5, 0.6) is 0 Å². The van der Waals surface area contributed by atoms with Crippen molar-refractivity contribution in [2.45, 2.75) is 26.3 Å². The van der Waals surface area contributed by atoms with Crippen LogP contribution in [0.2, 0.25) is 0 Å². The van der Waals surface area contributed by atoms with Crippen molar-refractivity contribution in [3.8, 4) is 11.4 Å². The van der Waals surface area contributed by atoms with Crippen LogP contribution in [0, 0.1) is 6.92 Å². The van der Waals surface area contributed by atoms with Gasteiger partial charge >= 0.3 is 0 Å². The molecule has 1 aliphatic heterocycles. The molecule has 2 aromatic heterocycles. The minimum atomic E-state index is 0.0474. The van der Waals surface area contributed by atoms with Crippen molar-refractivity contribution >= 4 is 17.0 Å². The number of nitrogens with one attached hydrogen (secondary N) is 1. The van der Waals surface area contributed by atoms with Crippen molar-refractivity contribution in [1.82, 2.24) is 24.4 Å². The molecule has 4 rings (SSSR count). The molecule has 0 unspecified atom stereocenters. The van der Waals surface area contributed by atoms with Crippen LogP contribution in [-0.2, 0) is 6.54 Å². The summed E-state index contributed by atoms with van der Waals surface area (Å²) in [6.07, 6.45) is 2.57. The van der Waals surface area contributed by atoms with Gasteiger partial charge in [0.25, 0.3) is 0 Å². The van der Waals surface area contributed by atoms with Gasteiger partial charge in [0.2, 0.25) is 0 Å². The van der Waals surface area contributed by atoms with Gasteiger partial charge in [0.15, 0.2) is 17.0 Å². The molecule has 2 N–H and O–H groups in total. The Bertz CT molecular complexity index is 902. The van der Waals surface area contributed by atoms with Crippen molar-refractivity contribution in [1.29, 1.82) is 0 Å². The Morgan fingerprint density at radius 2 is 1.81 bits per heavy atom. The van der Waals surface area contributed by atoms with Crippen LogP contribution in [-0.4, -0.2) is 62.3 Å². The predicted octanol–water partition coefficient (Wildman–Crippen LogP) is 2.30. The molecular weight excluding hydrogens is 340 g/mol. The lowest BCUT2D eigenvalue weighted by atomic mass is 10.2. The molecule has 0 spiro atoms. The second kappa shape index (κ2) is 8.02. The number of anilines is 1. The lowest BCUT2D eigenvalue weighted by molar-refractivity contribution is 0.311. The van der Waals surface area contributed by atoms with Gasteiger partial charge in [0, 0.05) is 25.2 Å². The Balaban J connectivity index is 1.79. The summed E-state index contributed by atoms with van der Waals surface area (Å²) in [4.78, 5) is 16.6. The lowest BCUT2D eigenvalue weighted by Gasteiger charge is -2.16. The number of aromatic nitrogens is 4. The largest absolute Gasteiger partial charge is 0.395 e. The fraction of sp³-hybridized carbons (Fsp3) is 0.450. The van der Waals surface area contributed by atoms with Gasteiger partial charge in [0.05, 0.1) is 6.61 Å². The second-order valence-corrected chi connectivity index (χ2v) is 6.94. The van der Waals surface area contributed by atoms with Crippen LogP contribution in [0.15, 0.2) is 30.3 Å². The molecule has 27 heavy (non-hydrogen) atoms. The molecule has 3 heterocycles. The molecule has 1 aromatic carbocycles. The van der Waals surface area contributed by atoms with Gasteiger partial charge in [-0.05, 0) is 32.9 Å². The molecule has 3 aromatic rings. The Hall–Kier alpha value is -2.51. The first-order valence-corrected chi connectivity index (χ1v) is 9.63. The zero-order valence-corrected chi connectivity index (χ0v) is 15.7. The Morgan fingerprint density at radius 3 is 2.56 bits per heavy atom. The third-order valence-electron chi connectivity index (χ3n) is 4.98. The maximum absolute atomic E-state index is 9.18. The number of fused-ring (bicyclic) bond motifs is 1. The second-order valence-electron chi connectivity index (χ2n) is 6.94. The summed E-state index contributed by atoms with van der Waals surface area (Å²) in [6.45, 7) is 6.56. The zero-order valence-electron chi connectivity index (χ0n) is 15.7. The minimum Gasteiger partial charge on any atom is -0.395 e. The SMILES string of the molecule is Cc1nc(NCCO)c2nc(-c3ccccc3)n(CCN3CCCC3)c2n1. The highest BCUT2D eigenvalue weighted by Gasteiger charge is 2.19. The number of rotatable bonds is 7. The van der Waals surface area contributed by atoms with Gasteiger partial charge in [-0.2, -0.15) is 0 Å². The molecule has 0 atom stereocenters. The third kappa shape index (κ3) is 3.79. The normalized spacial score (nSPS) is 14.9. The molecular formula is C20H26N6O. The number of likely N-dealkylation sites (tertiary alicyclic amines) is 1. The summed E-state index contributed by atoms with van der Waals surface area (Å²) >= 11 is 0. The van der Waals surface area contributed by atoms with E-state index in [1.807, 2.05) is 25.1 Å². The summed E-state index contributed by atoms with van der Waals surface area (Å²) < 4.78 is 2.21.